The van der Waals surface area contributed by atoms with E-state index in [1.165, 1.54) is 0 Å². The summed E-state index contributed by atoms with van der Waals surface area (Å²) >= 11 is 3.22. The van der Waals surface area contributed by atoms with Gasteiger partial charge >= 0.3 is 0 Å². The molecule has 0 saturated carbocycles. The van der Waals surface area contributed by atoms with Gasteiger partial charge in [0.25, 0.3) is 0 Å². The average molecular weight is 428 g/mol. The van der Waals surface area contributed by atoms with Gasteiger partial charge in [-0.2, -0.15) is 0 Å². The number of methoxy groups -OCH3 is 1. The zero-order valence-corrected chi connectivity index (χ0v) is 17.6. The van der Waals surface area contributed by atoms with Crippen molar-refractivity contribution >= 4 is 50.8 Å². The van der Waals surface area contributed by atoms with Crippen molar-refractivity contribution in [3.05, 3.63) is 53.5 Å². The van der Waals surface area contributed by atoms with Crippen molar-refractivity contribution in [2.75, 3.05) is 24.1 Å². The van der Waals surface area contributed by atoms with Crippen LogP contribution in [0.25, 0.3) is 10.2 Å². The summed E-state index contributed by atoms with van der Waals surface area (Å²) < 4.78 is 6.26. The van der Waals surface area contributed by atoms with Crippen molar-refractivity contribution in [1.82, 2.24) is 9.88 Å². The number of hydrogen-bond donors (Lipinski definition) is 1. The fourth-order valence-corrected chi connectivity index (χ4v) is 5.34. The molecule has 2 heterocycles. The van der Waals surface area contributed by atoms with Gasteiger partial charge in [0.2, 0.25) is 11.8 Å². The molecule has 0 spiro atoms. The molecule has 1 aromatic heterocycles. The van der Waals surface area contributed by atoms with Crippen LogP contribution in [-0.2, 0) is 16.0 Å². The number of hydrogen-bond acceptors (Lipinski definition) is 6. The van der Waals surface area contributed by atoms with Gasteiger partial charge in [-0.05, 0) is 36.4 Å². The van der Waals surface area contributed by atoms with Crippen LogP contribution >= 0.6 is 23.1 Å². The molecular weight excluding hydrogens is 406 g/mol. The van der Waals surface area contributed by atoms with Crippen molar-refractivity contribution in [3.63, 3.8) is 0 Å². The van der Waals surface area contributed by atoms with E-state index in [0.29, 0.717) is 30.2 Å². The standard InChI is InChI=1S/C21H21N3O3S2/c1-27-15-8-6-14(7-9-15)22-21(26)17-12-28-13-24(17)20(25)11-10-19-23-16-4-2-3-5-18(16)29-19/h2-9,17H,10-13H2,1H3,(H,22,26). The summed E-state index contributed by atoms with van der Waals surface area (Å²) in [4.78, 5) is 31.8. The number of nitrogens with zero attached hydrogens (tertiary/aromatic N) is 2. The van der Waals surface area contributed by atoms with Crippen LogP contribution in [0.4, 0.5) is 5.69 Å². The minimum atomic E-state index is -0.454. The second kappa shape index (κ2) is 8.84. The van der Waals surface area contributed by atoms with Gasteiger partial charge in [-0.25, -0.2) is 4.98 Å². The lowest BCUT2D eigenvalue weighted by Gasteiger charge is -2.23. The largest absolute Gasteiger partial charge is 0.497 e. The van der Waals surface area contributed by atoms with Crippen LogP contribution in [0.5, 0.6) is 5.75 Å². The Balaban J connectivity index is 1.36. The van der Waals surface area contributed by atoms with E-state index >= 15 is 0 Å². The van der Waals surface area contributed by atoms with Gasteiger partial charge in [0.05, 0.1) is 28.2 Å². The number of thiazole rings is 1. The monoisotopic (exact) mass is 427 g/mol. The number of anilines is 1. The number of amides is 2. The normalized spacial score (nSPS) is 16.2. The molecule has 6 nitrogen and oxygen atoms in total. The number of benzene rings is 2. The van der Waals surface area contributed by atoms with E-state index in [1.807, 2.05) is 24.3 Å². The quantitative estimate of drug-likeness (QED) is 0.648. The fourth-order valence-electron chi connectivity index (χ4n) is 3.19. The molecule has 29 heavy (non-hydrogen) atoms. The topological polar surface area (TPSA) is 71.5 Å². The zero-order chi connectivity index (χ0) is 20.2. The summed E-state index contributed by atoms with van der Waals surface area (Å²) in [5, 5.41) is 3.85. The number of para-hydroxylation sites is 1. The molecule has 8 heteroatoms. The molecule has 4 rings (SSSR count). The van der Waals surface area contributed by atoms with E-state index in [1.54, 1.807) is 59.4 Å². The highest BCUT2D eigenvalue weighted by atomic mass is 32.2. The molecule has 1 saturated heterocycles. The lowest BCUT2D eigenvalue weighted by molar-refractivity contribution is -0.136. The number of carbonyl (C=O) groups excluding carboxylic acids is 2. The Morgan fingerprint density at radius 1 is 1.21 bits per heavy atom. The number of fused-ring (bicyclic) bond motifs is 1. The average Bonchev–Trinajstić information content (AvgIpc) is 3.39. The summed E-state index contributed by atoms with van der Waals surface area (Å²) in [6.45, 7) is 0. The molecular formula is C21H21N3O3S2. The number of aromatic nitrogens is 1. The number of carbonyl (C=O) groups is 2. The Morgan fingerprint density at radius 3 is 2.76 bits per heavy atom. The lowest BCUT2D eigenvalue weighted by Crippen LogP contribution is -2.44. The Hall–Kier alpha value is -2.58. The van der Waals surface area contributed by atoms with Crippen molar-refractivity contribution in [3.8, 4) is 5.75 Å². The number of aryl methyl sites for hydroxylation is 1. The second-order valence-corrected chi connectivity index (χ2v) is 8.79. The Morgan fingerprint density at radius 2 is 2.00 bits per heavy atom. The van der Waals surface area contributed by atoms with Crippen molar-refractivity contribution in [2.45, 2.75) is 18.9 Å². The third-order valence-corrected chi connectivity index (χ3v) is 6.86. The summed E-state index contributed by atoms with van der Waals surface area (Å²) in [6.07, 6.45) is 0.943. The highest BCUT2D eigenvalue weighted by Gasteiger charge is 2.34. The summed E-state index contributed by atoms with van der Waals surface area (Å²) in [6, 6.07) is 14.7. The summed E-state index contributed by atoms with van der Waals surface area (Å²) in [5.74, 6) is 1.71. The third-order valence-electron chi connectivity index (χ3n) is 4.75. The van der Waals surface area contributed by atoms with E-state index in [0.717, 1.165) is 21.0 Å². The maximum atomic E-state index is 12.8. The zero-order valence-electron chi connectivity index (χ0n) is 16.0. The second-order valence-electron chi connectivity index (χ2n) is 6.67. The smallest absolute Gasteiger partial charge is 0.248 e. The van der Waals surface area contributed by atoms with Crippen LogP contribution in [0.15, 0.2) is 48.5 Å². The molecule has 1 aliphatic rings. The third kappa shape index (κ3) is 4.54. The van der Waals surface area contributed by atoms with E-state index in [9.17, 15) is 9.59 Å². The highest BCUT2D eigenvalue weighted by molar-refractivity contribution is 7.99. The Kier molecular flexibility index (Phi) is 6.01. The first-order chi connectivity index (χ1) is 14.1. The van der Waals surface area contributed by atoms with Crippen LogP contribution in [0.1, 0.15) is 11.4 Å². The van der Waals surface area contributed by atoms with Crippen molar-refractivity contribution < 1.29 is 14.3 Å². The molecule has 2 amide bonds. The predicted octanol–water partition coefficient (Wildman–Crippen LogP) is 3.78. The predicted molar refractivity (Wildman–Crippen MR) is 118 cm³/mol. The van der Waals surface area contributed by atoms with E-state index in [4.69, 9.17) is 4.74 Å². The van der Waals surface area contributed by atoms with Gasteiger partial charge in [-0.1, -0.05) is 12.1 Å². The molecule has 1 fully saturated rings. The molecule has 3 aromatic rings. The number of thioether (sulfide) groups is 1. The molecule has 150 valence electrons. The molecule has 1 aliphatic heterocycles. The number of rotatable bonds is 6. The summed E-state index contributed by atoms with van der Waals surface area (Å²) in [7, 11) is 1.60. The minimum Gasteiger partial charge on any atom is -0.497 e. The summed E-state index contributed by atoms with van der Waals surface area (Å²) in [5.41, 5.74) is 1.66. The highest BCUT2D eigenvalue weighted by Crippen LogP contribution is 2.26. The van der Waals surface area contributed by atoms with Crippen LogP contribution in [0.2, 0.25) is 0 Å². The van der Waals surface area contributed by atoms with E-state index in [2.05, 4.69) is 10.3 Å². The molecule has 0 aliphatic carbocycles. The number of ether oxygens (including phenoxy) is 1. The maximum Gasteiger partial charge on any atom is 0.248 e. The Labute approximate surface area is 177 Å². The minimum absolute atomic E-state index is 0.0101. The first kappa shape index (κ1) is 19.7. The van der Waals surface area contributed by atoms with Crippen LogP contribution in [-0.4, -0.2) is 46.5 Å². The van der Waals surface area contributed by atoms with Gasteiger partial charge < -0.3 is 15.0 Å². The molecule has 1 unspecified atom stereocenters. The molecule has 1 atom stereocenters. The SMILES string of the molecule is COc1ccc(NC(=O)C2CSCN2C(=O)CCc2nc3ccccc3s2)cc1. The van der Waals surface area contributed by atoms with E-state index < -0.39 is 6.04 Å². The van der Waals surface area contributed by atoms with Gasteiger partial charge in [0.1, 0.15) is 11.8 Å². The van der Waals surface area contributed by atoms with Gasteiger partial charge in [0, 0.05) is 24.3 Å². The Bertz CT molecular complexity index is 986. The van der Waals surface area contributed by atoms with Crippen LogP contribution in [0.3, 0.4) is 0 Å². The van der Waals surface area contributed by atoms with Crippen LogP contribution in [0, 0.1) is 0 Å². The number of nitrogens with one attached hydrogen (secondary N) is 1. The van der Waals surface area contributed by atoms with Crippen molar-refractivity contribution in [2.24, 2.45) is 0 Å². The first-order valence-corrected chi connectivity index (χ1v) is 11.3. The van der Waals surface area contributed by atoms with Crippen molar-refractivity contribution in [1.29, 1.82) is 0 Å². The van der Waals surface area contributed by atoms with Gasteiger partial charge in [-0.15, -0.1) is 23.1 Å². The molecule has 0 radical (unpaired) electrons. The molecule has 2 aromatic carbocycles. The van der Waals surface area contributed by atoms with Gasteiger partial charge in [-0.3, -0.25) is 9.59 Å². The fraction of sp³-hybridized carbons (Fsp3) is 0.286. The maximum absolute atomic E-state index is 12.8. The first-order valence-electron chi connectivity index (χ1n) is 9.30. The lowest BCUT2D eigenvalue weighted by atomic mass is 10.2. The van der Waals surface area contributed by atoms with Gasteiger partial charge in [0.15, 0.2) is 0 Å². The molecule has 0 bridgehead atoms. The van der Waals surface area contributed by atoms with E-state index in [-0.39, 0.29) is 11.8 Å². The molecule has 1 N–H and O–H groups in total. The van der Waals surface area contributed by atoms with Crippen LogP contribution < -0.4 is 10.1 Å².